The van der Waals surface area contributed by atoms with Gasteiger partial charge in [-0.2, -0.15) is 0 Å². The molecule has 0 radical (unpaired) electrons. The Hall–Kier alpha value is -2.82. The largest absolute Gasteiger partial charge is 0.481 e. The summed E-state index contributed by atoms with van der Waals surface area (Å²) < 4.78 is 5.67. The smallest absolute Gasteiger partial charge is 0.265 e. The van der Waals surface area contributed by atoms with Crippen molar-refractivity contribution >= 4 is 17.5 Å². The fraction of sp³-hybridized carbons (Fsp3) is 0.333. The van der Waals surface area contributed by atoms with E-state index in [9.17, 15) is 9.59 Å². The van der Waals surface area contributed by atoms with Crippen LogP contribution in [-0.2, 0) is 4.79 Å². The van der Waals surface area contributed by atoms with Crippen LogP contribution in [0.5, 0.6) is 5.75 Å². The van der Waals surface area contributed by atoms with Gasteiger partial charge in [-0.05, 0) is 44.0 Å². The quantitative estimate of drug-likeness (QED) is 0.795. The SMILES string of the molecule is Cc1ccc(O[C@H](C)C(=O)Nc2ccccc2C(=O)NCC(C)C)cc1. The lowest BCUT2D eigenvalue weighted by Gasteiger charge is -2.17. The third kappa shape index (κ3) is 5.62. The second kappa shape index (κ2) is 9.04. The van der Waals surface area contributed by atoms with E-state index in [0.717, 1.165) is 5.56 Å². The minimum absolute atomic E-state index is 0.207. The molecule has 1 atom stereocenters. The summed E-state index contributed by atoms with van der Waals surface area (Å²) in [5.41, 5.74) is 2.03. The number of nitrogens with one attached hydrogen (secondary N) is 2. The van der Waals surface area contributed by atoms with Gasteiger partial charge in [0, 0.05) is 6.54 Å². The molecule has 0 saturated heterocycles. The first-order chi connectivity index (χ1) is 12.4. The van der Waals surface area contributed by atoms with Gasteiger partial charge in [0.1, 0.15) is 5.75 Å². The number of ether oxygens (including phenoxy) is 1. The maximum absolute atomic E-state index is 12.5. The highest BCUT2D eigenvalue weighted by Gasteiger charge is 2.18. The number of carbonyl (C=O) groups excluding carboxylic acids is 2. The van der Waals surface area contributed by atoms with E-state index in [1.807, 2.05) is 45.0 Å². The predicted octanol–water partition coefficient (Wildman–Crippen LogP) is 3.79. The molecule has 0 saturated carbocycles. The molecule has 26 heavy (non-hydrogen) atoms. The molecule has 0 aliphatic carbocycles. The molecule has 2 amide bonds. The first kappa shape index (κ1) is 19.5. The Balaban J connectivity index is 2.04. The highest BCUT2D eigenvalue weighted by Crippen LogP contribution is 2.17. The van der Waals surface area contributed by atoms with Crippen LogP contribution in [-0.4, -0.2) is 24.5 Å². The van der Waals surface area contributed by atoms with Crippen LogP contribution in [0, 0.1) is 12.8 Å². The van der Waals surface area contributed by atoms with Gasteiger partial charge in [0.05, 0.1) is 11.3 Å². The van der Waals surface area contributed by atoms with E-state index < -0.39 is 6.10 Å². The van der Waals surface area contributed by atoms with Crippen molar-refractivity contribution in [2.45, 2.75) is 33.8 Å². The molecule has 0 aromatic heterocycles. The van der Waals surface area contributed by atoms with Gasteiger partial charge in [0.2, 0.25) is 0 Å². The molecule has 2 aromatic rings. The summed E-state index contributed by atoms with van der Waals surface area (Å²) in [5, 5.41) is 5.65. The molecule has 0 unspecified atom stereocenters. The van der Waals surface area contributed by atoms with E-state index >= 15 is 0 Å². The van der Waals surface area contributed by atoms with E-state index in [4.69, 9.17) is 4.74 Å². The lowest BCUT2D eigenvalue weighted by molar-refractivity contribution is -0.122. The van der Waals surface area contributed by atoms with E-state index in [-0.39, 0.29) is 11.8 Å². The summed E-state index contributed by atoms with van der Waals surface area (Å²) in [6, 6.07) is 14.4. The van der Waals surface area contributed by atoms with E-state index in [2.05, 4.69) is 10.6 Å². The van der Waals surface area contributed by atoms with Crippen molar-refractivity contribution in [3.8, 4) is 5.75 Å². The zero-order valence-electron chi connectivity index (χ0n) is 15.7. The molecular weight excluding hydrogens is 328 g/mol. The Morgan fingerprint density at radius 1 is 1.00 bits per heavy atom. The standard InChI is InChI=1S/C21H26N2O3/c1-14(2)13-22-21(25)18-7-5-6-8-19(18)23-20(24)16(4)26-17-11-9-15(3)10-12-17/h5-12,14,16H,13H2,1-4H3,(H,22,25)(H,23,24)/t16-/m1/s1. The summed E-state index contributed by atoms with van der Waals surface area (Å²) in [5.74, 6) is 0.459. The number of aryl methyl sites for hydroxylation is 1. The summed E-state index contributed by atoms with van der Waals surface area (Å²) in [6.07, 6.45) is -0.690. The second-order valence-corrected chi connectivity index (χ2v) is 6.71. The van der Waals surface area contributed by atoms with Gasteiger partial charge in [-0.1, -0.05) is 43.7 Å². The third-order valence-electron chi connectivity index (χ3n) is 3.80. The van der Waals surface area contributed by atoms with Gasteiger partial charge in [-0.25, -0.2) is 0 Å². The van der Waals surface area contributed by atoms with Crippen LogP contribution in [0.2, 0.25) is 0 Å². The molecule has 0 aliphatic rings. The lowest BCUT2D eigenvalue weighted by Crippen LogP contribution is -2.32. The summed E-state index contributed by atoms with van der Waals surface area (Å²) >= 11 is 0. The Kier molecular flexibility index (Phi) is 6.78. The number of anilines is 1. The van der Waals surface area contributed by atoms with Gasteiger partial charge < -0.3 is 15.4 Å². The van der Waals surface area contributed by atoms with Crippen molar-refractivity contribution in [3.05, 3.63) is 59.7 Å². The van der Waals surface area contributed by atoms with E-state index in [0.29, 0.717) is 29.5 Å². The average Bonchev–Trinajstić information content (AvgIpc) is 2.62. The van der Waals surface area contributed by atoms with Crippen molar-refractivity contribution in [2.75, 3.05) is 11.9 Å². The molecule has 0 spiro atoms. The van der Waals surface area contributed by atoms with Gasteiger partial charge in [0.25, 0.3) is 11.8 Å². The number of para-hydroxylation sites is 1. The van der Waals surface area contributed by atoms with Gasteiger partial charge in [0.15, 0.2) is 6.10 Å². The molecule has 2 rings (SSSR count). The molecule has 0 bridgehead atoms. The Bertz CT molecular complexity index is 754. The Morgan fingerprint density at radius 2 is 1.65 bits per heavy atom. The van der Waals surface area contributed by atoms with Gasteiger partial charge >= 0.3 is 0 Å². The molecular formula is C21H26N2O3. The van der Waals surface area contributed by atoms with Crippen molar-refractivity contribution in [1.82, 2.24) is 5.32 Å². The maximum atomic E-state index is 12.5. The molecule has 0 heterocycles. The number of hydrogen-bond acceptors (Lipinski definition) is 3. The van der Waals surface area contributed by atoms with Crippen LogP contribution in [0.1, 0.15) is 36.7 Å². The van der Waals surface area contributed by atoms with Crippen molar-refractivity contribution in [1.29, 1.82) is 0 Å². The first-order valence-corrected chi connectivity index (χ1v) is 8.78. The van der Waals surface area contributed by atoms with Crippen LogP contribution < -0.4 is 15.4 Å². The van der Waals surface area contributed by atoms with Crippen LogP contribution in [0.4, 0.5) is 5.69 Å². The molecule has 5 heteroatoms. The first-order valence-electron chi connectivity index (χ1n) is 8.78. The van der Waals surface area contributed by atoms with E-state index in [1.54, 1.807) is 31.2 Å². The number of hydrogen-bond donors (Lipinski definition) is 2. The average molecular weight is 354 g/mol. The number of amides is 2. The van der Waals surface area contributed by atoms with Crippen molar-refractivity contribution in [3.63, 3.8) is 0 Å². The third-order valence-corrected chi connectivity index (χ3v) is 3.80. The molecule has 138 valence electrons. The molecule has 2 aromatic carbocycles. The van der Waals surface area contributed by atoms with Crippen LogP contribution in [0.15, 0.2) is 48.5 Å². The fourth-order valence-electron chi connectivity index (χ4n) is 2.29. The lowest BCUT2D eigenvalue weighted by atomic mass is 10.1. The summed E-state index contributed by atoms with van der Waals surface area (Å²) in [4.78, 5) is 24.8. The molecule has 2 N–H and O–H groups in total. The molecule has 0 fully saturated rings. The summed E-state index contributed by atoms with van der Waals surface area (Å²) in [7, 11) is 0. The zero-order valence-corrected chi connectivity index (χ0v) is 15.7. The van der Waals surface area contributed by atoms with Crippen molar-refractivity contribution < 1.29 is 14.3 Å². The normalized spacial score (nSPS) is 11.7. The second-order valence-electron chi connectivity index (χ2n) is 6.71. The number of rotatable bonds is 7. The van der Waals surface area contributed by atoms with E-state index in [1.165, 1.54) is 0 Å². The van der Waals surface area contributed by atoms with Crippen LogP contribution in [0.25, 0.3) is 0 Å². The number of benzene rings is 2. The summed E-state index contributed by atoms with van der Waals surface area (Å²) in [6.45, 7) is 8.29. The minimum atomic E-state index is -0.690. The Morgan fingerprint density at radius 3 is 2.31 bits per heavy atom. The Labute approximate surface area is 154 Å². The number of carbonyl (C=O) groups is 2. The van der Waals surface area contributed by atoms with Gasteiger partial charge in [-0.15, -0.1) is 0 Å². The maximum Gasteiger partial charge on any atom is 0.265 e. The minimum Gasteiger partial charge on any atom is -0.481 e. The zero-order chi connectivity index (χ0) is 19.1. The predicted molar refractivity (Wildman–Crippen MR) is 104 cm³/mol. The monoisotopic (exact) mass is 354 g/mol. The fourth-order valence-corrected chi connectivity index (χ4v) is 2.29. The van der Waals surface area contributed by atoms with Crippen molar-refractivity contribution in [2.24, 2.45) is 5.92 Å². The highest BCUT2D eigenvalue weighted by atomic mass is 16.5. The molecule has 0 aliphatic heterocycles. The highest BCUT2D eigenvalue weighted by molar-refractivity contribution is 6.04. The van der Waals surface area contributed by atoms with Crippen LogP contribution >= 0.6 is 0 Å². The van der Waals surface area contributed by atoms with Gasteiger partial charge in [-0.3, -0.25) is 9.59 Å². The molecule has 5 nitrogen and oxygen atoms in total. The topological polar surface area (TPSA) is 67.4 Å². The van der Waals surface area contributed by atoms with Crippen LogP contribution in [0.3, 0.4) is 0 Å².